The molecule has 4 N–H and O–H groups in total. The molecule has 30 heavy (non-hydrogen) atoms. The molecule has 12 heteroatoms. The Morgan fingerprint density at radius 2 is 2.00 bits per heavy atom. The van der Waals surface area contributed by atoms with Crippen molar-refractivity contribution >= 4 is 46.2 Å². The van der Waals surface area contributed by atoms with Gasteiger partial charge >= 0.3 is 0 Å². The van der Waals surface area contributed by atoms with Crippen molar-refractivity contribution in [1.29, 1.82) is 0 Å². The third kappa shape index (κ3) is 6.86. The zero-order valence-corrected chi connectivity index (χ0v) is 19.3. The average Bonchev–Trinajstić information content (AvgIpc) is 2.65. The van der Waals surface area contributed by atoms with Crippen LogP contribution in [0.15, 0.2) is 23.4 Å². The lowest BCUT2D eigenvalue weighted by Gasteiger charge is -2.44. The first-order valence-electron chi connectivity index (χ1n) is 9.36. The summed E-state index contributed by atoms with van der Waals surface area (Å²) in [6.45, 7) is 4.36. The van der Waals surface area contributed by atoms with Gasteiger partial charge in [0.05, 0.1) is 25.2 Å². The molecule has 0 aromatic heterocycles. The zero-order valence-electron chi connectivity index (χ0n) is 16.9. The molecule has 1 fully saturated rings. The van der Waals surface area contributed by atoms with Crippen LogP contribution in [-0.4, -0.2) is 75.5 Å². The Bertz CT molecular complexity index is 830. The van der Waals surface area contributed by atoms with E-state index in [0.29, 0.717) is 48.9 Å². The molecule has 0 unspecified atom stereocenters. The van der Waals surface area contributed by atoms with Crippen molar-refractivity contribution in [3.63, 3.8) is 0 Å². The Labute approximate surface area is 189 Å². The quantitative estimate of drug-likeness (QED) is 0.305. The molecule has 2 aliphatic heterocycles. The van der Waals surface area contributed by atoms with E-state index in [4.69, 9.17) is 15.2 Å². The molecular formula is C18H30Cl2N4O5S. The highest BCUT2D eigenvalue weighted by Gasteiger charge is 2.42. The fourth-order valence-corrected chi connectivity index (χ4v) is 4.28. The maximum atomic E-state index is 11.5. The second-order valence-corrected chi connectivity index (χ2v) is 9.08. The zero-order chi connectivity index (χ0) is 20.2. The third-order valence-electron chi connectivity index (χ3n) is 5.11. The number of hydrogen-bond donors (Lipinski definition) is 3. The predicted molar refractivity (Wildman–Crippen MR) is 121 cm³/mol. The molecule has 0 radical (unpaired) electrons. The summed E-state index contributed by atoms with van der Waals surface area (Å²) in [7, 11) is -3.39. The summed E-state index contributed by atoms with van der Waals surface area (Å²) >= 11 is 0. The topological polar surface area (TPSA) is 126 Å². The fraction of sp³-hybridized carbons (Fsp3) is 0.611. The Hall–Kier alpha value is -1.30. The molecule has 3 rings (SSSR count). The van der Waals surface area contributed by atoms with Crippen molar-refractivity contribution in [3.8, 4) is 5.75 Å². The minimum Gasteiger partial charge on any atom is -0.486 e. The molecule has 1 saturated heterocycles. The Balaban J connectivity index is 0.00000225. The molecule has 1 aromatic carbocycles. The van der Waals surface area contributed by atoms with Gasteiger partial charge in [-0.3, -0.25) is 4.72 Å². The summed E-state index contributed by atoms with van der Waals surface area (Å²) in [4.78, 5) is 2.33. The number of anilines is 1. The van der Waals surface area contributed by atoms with E-state index in [1.165, 1.54) is 0 Å². The van der Waals surface area contributed by atoms with Gasteiger partial charge in [-0.05, 0) is 18.2 Å². The van der Waals surface area contributed by atoms with E-state index in [1.807, 2.05) is 0 Å². The maximum absolute atomic E-state index is 11.5. The van der Waals surface area contributed by atoms with E-state index in [-0.39, 0.29) is 24.8 Å². The van der Waals surface area contributed by atoms with Gasteiger partial charge in [0.2, 0.25) is 10.0 Å². The number of rotatable bonds is 7. The lowest BCUT2D eigenvalue weighted by Crippen LogP contribution is -2.51. The Morgan fingerprint density at radius 1 is 1.30 bits per heavy atom. The highest BCUT2D eigenvalue weighted by molar-refractivity contribution is 7.92. The number of nitrogens with zero attached hydrogens (tertiary/aromatic N) is 2. The number of likely N-dealkylation sites (tertiary alicyclic amines) is 1. The smallest absolute Gasteiger partial charge is 0.229 e. The van der Waals surface area contributed by atoms with Gasteiger partial charge < -0.3 is 25.3 Å². The highest BCUT2D eigenvalue weighted by Crippen LogP contribution is 2.40. The van der Waals surface area contributed by atoms with E-state index < -0.39 is 15.6 Å². The van der Waals surface area contributed by atoms with Gasteiger partial charge in [-0.25, -0.2) is 8.42 Å². The highest BCUT2D eigenvalue weighted by atomic mass is 35.5. The summed E-state index contributed by atoms with van der Waals surface area (Å²) in [6, 6.07) is 5.02. The van der Waals surface area contributed by atoms with Crippen LogP contribution in [0.25, 0.3) is 0 Å². The van der Waals surface area contributed by atoms with E-state index in [9.17, 15) is 13.6 Å². The third-order valence-corrected chi connectivity index (χ3v) is 5.72. The van der Waals surface area contributed by atoms with Gasteiger partial charge in [0.15, 0.2) is 0 Å². The van der Waals surface area contributed by atoms with Gasteiger partial charge in [-0.1, -0.05) is 5.16 Å². The van der Waals surface area contributed by atoms with Crippen LogP contribution in [0.5, 0.6) is 5.75 Å². The van der Waals surface area contributed by atoms with Crippen molar-refractivity contribution in [2.24, 2.45) is 10.9 Å². The molecule has 0 amide bonds. The van der Waals surface area contributed by atoms with E-state index in [0.717, 1.165) is 38.7 Å². The molecular weight excluding hydrogens is 455 g/mol. The van der Waals surface area contributed by atoms with Crippen molar-refractivity contribution < 1.29 is 23.1 Å². The standard InChI is InChI=1S/C18H28N4O5S.2ClH/c1-28(24,25)21-14-2-3-17-15(12-14)16(20-23)13-18(27-17)4-7-22(8-5-18)9-11-26-10-6-19;;/h2-3,12,21,23H,4-11,13,19H2,1H3;2*1H/b20-16+;;. The SMILES string of the molecule is CS(=O)(=O)Nc1ccc2c(c1)/C(=N/O)CC1(CCN(CCOCCN)CC1)O2.Cl.Cl. The van der Waals surface area contributed by atoms with Gasteiger partial charge in [0.1, 0.15) is 11.4 Å². The van der Waals surface area contributed by atoms with Crippen LogP contribution >= 0.6 is 24.8 Å². The number of piperidine rings is 1. The monoisotopic (exact) mass is 484 g/mol. The summed E-state index contributed by atoms with van der Waals surface area (Å²) in [5.41, 5.74) is 6.55. The molecule has 1 aromatic rings. The lowest BCUT2D eigenvalue weighted by molar-refractivity contribution is -0.00485. The second kappa shape index (κ2) is 11.4. The van der Waals surface area contributed by atoms with Crippen LogP contribution in [0.1, 0.15) is 24.8 Å². The molecule has 2 heterocycles. The van der Waals surface area contributed by atoms with Crippen molar-refractivity contribution in [2.45, 2.75) is 24.9 Å². The maximum Gasteiger partial charge on any atom is 0.229 e. The number of nitrogens with two attached hydrogens (primary N) is 1. The van der Waals surface area contributed by atoms with Crippen LogP contribution in [0.2, 0.25) is 0 Å². The van der Waals surface area contributed by atoms with Gasteiger partial charge in [0, 0.05) is 56.7 Å². The first-order valence-corrected chi connectivity index (χ1v) is 11.3. The first-order chi connectivity index (χ1) is 13.3. The number of fused-ring (bicyclic) bond motifs is 1. The van der Waals surface area contributed by atoms with Gasteiger partial charge in [-0.15, -0.1) is 24.8 Å². The molecule has 0 aliphatic carbocycles. The molecule has 1 spiro atoms. The minimum atomic E-state index is -3.39. The fourth-order valence-electron chi connectivity index (χ4n) is 3.72. The second-order valence-electron chi connectivity index (χ2n) is 7.34. The molecule has 172 valence electrons. The van der Waals surface area contributed by atoms with E-state index in [1.54, 1.807) is 18.2 Å². The number of ether oxygens (including phenoxy) is 2. The Kier molecular flexibility index (Phi) is 10.1. The van der Waals surface area contributed by atoms with Crippen LogP contribution in [0.4, 0.5) is 5.69 Å². The van der Waals surface area contributed by atoms with Crippen molar-refractivity contribution in [3.05, 3.63) is 23.8 Å². The lowest BCUT2D eigenvalue weighted by atomic mass is 9.82. The Morgan fingerprint density at radius 3 is 2.60 bits per heavy atom. The summed E-state index contributed by atoms with van der Waals surface area (Å²) in [6.07, 6.45) is 3.20. The number of hydrogen-bond acceptors (Lipinski definition) is 8. The summed E-state index contributed by atoms with van der Waals surface area (Å²) in [5.74, 6) is 0.609. The van der Waals surface area contributed by atoms with Crippen LogP contribution < -0.4 is 15.2 Å². The number of oxime groups is 1. The van der Waals surface area contributed by atoms with Crippen molar-refractivity contribution in [1.82, 2.24) is 4.90 Å². The largest absolute Gasteiger partial charge is 0.486 e. The van der Waals surface area contributed by atoms with Gasteiger partial charge in [-0.2, -0.15) is 0 Å². The molecule has 0 saturated carbocycles. The summed E-state index contributed by atoms with van der Waals surface area (Å²) < 4.78 is 37.1. The average molecular weight is 485 g/mol. The van der Waals surface area contributed by atoms with E-state index in [2.05, 4.69) is 14.8 Å². The molecule has 9 nitrogen and oxygen atoms in total. The normalized spacial score (nSPS) is 19.3. The number of halogens is 2. The summed E-state index contributed by atoms with van der Waals surface area (Å²) in [5, 5.41) is 13.0. The number of nitrogens with one attached hydrogen (secondary N) is 1. The molecule has 0 atom stereocenters. The van der Waals surface area contributed by atoms with Gasteiger partial charge in [0.25, 0.3) is 0 Å². The predicted octanol–water partition coefficient (Wildman–Crippen LogP) is 1.67. The minimum absolute atomic E-state index is 0. The molecule has 0 bridgehead atoms. The number of sulfonamides is 1. The van der Waals surface area contributed by atoms with Crippen LogP contribution in [0.3, 0.4) is 0 Å². The number of benzene rings is 1. The van der Waals surface area contributed by atoms with E-state index >= 15 is 0 Å². The van der Waals surface area contributed by atoms with Crippen LogP contribution in [-0.2, 0) is 14.8 Å². The first kappa shape index (κ1) is 26.7. The van der Waals surface area contributed by atoms with Crippen LogP contribution in [0, 0.1) is 0 Å². The molecule has 2 aliphatic rings. The van der Waals surface area contributed by atoms with Crippen molar-refractivity contribution in [2.75, 3.05) is 50.4 Å².